The first-order valence-electron chi connectivity index (χ1n) is 9.08. The Morgan fingerprint density at radius 3 is 1.68 bits per heavy atom. The Balaban J connectivity index is 2.01. The number of primary amides is 1. The Morgan fingerprint density at radius 1 is 0.821 bits per heavy atom. The summed E-state index contributed by atoms with van der Waals surface area (Å²) in [6.45, 7) is 2.72. The van der Waals surface area contributed by atoms with Crippen molar-refractivity contribution in [1.82, 2.24) is 4.90 Å². The number of hydrogen-bond acceptors (Lipinski definition) is 5. The van der Waals surface area contributed by atoms with Crippen LogP contribution < -0.4 is 15.2 Å². The number of benzene rings is 2. The van der Waals surface area contributed by atoms with Gasteiger partial charge < -0.3 is 29.6 Å². The van der Waals surface area contributed by atoms with Crippen LogP contribution in [0, 0.1) is 0 Å². The lowest BCUT2D eigenvalue weighted by Gasteiger charge is -2.21. The smallest absolute Gasteiger partial charge is 0.315 e. The van der Waals surface area contributed by atoms with E-state index in [1.165, 1.54) is 0 Å². The van der Waals surface area contributed by atoms with Crippen LogP contribution in [0.4, 0.5) is 4.79 Å². The Bertz CT molecular complexity index is 683. The van der Waals surface area contributed by atoms with E-state index in [4.69, 9.17) is 24.7 Å². The molecule has 2 aromatic rings. The van der Waals surface area contributed by atoms with Crippen molar-refractivity contribution in [3.63, 3.8) is 0 Å². The van der Waals surface area contributed by atoms with Gasteiger partial charge in [-0.05, 0) is 35.4 Å². The molecule has 2 amide bonds. The van der Waals surface area contributed by atoms with Crippen LogP contribution in [0.15, 0.2) is 48.5 Å². The number of methoxy groups -OCH3 is 2. The normalized spacial score (nSPS) is 10.5. The number of urea groups is 1. The van der Waals surface area contributed by atoms with Gasteiger partial charge >= 0.3 is 6.03 Å². The molecule has 2 aromatic carbocycles. The third-order valence-electron chi connectivity index (χ3n) is 3.97. The fourth-order valence-corrected chi connectivity index (χ4v) is 2.61. The average molecular weight is 388 g/mol. The quantitative estimate of drug-likeness (QED) is 0.565. The number of nitrogens with two attached hydrogens (primary N) is 1. The van der Waals surface area contributed by atoms with Crippen molar-refractivity contribution in [3.05, 3.63) is 59.7 Å². The van der Waals surface area contributed by atoms with Crippen LogP contribution in [-0.2, 0) is 22.6 Å². The lowest BCUT2D eigenvalue weighted by Crippen LogP contribution is -2.34. The third-order valence-corrected chi connectivity index (χ3v) is 3.97. The molecule has 0 aliphatic heterocycles. The van der Waals surface area contributed by atoms with Gasteiger partial charge in [-0.3, -0.25) is 0 Å². The van der Waals surface area contributed by atoms with Gasteiger partial charge in [0.25, 0.3) is 0 Å². The zero-order valence-corrected chi connectivity index (χ0v) is 16.4. The zero-order valence-electron chi connectivity index (χ0n) is 16.4. The SMILES string of the molecule is COCCOc1cccc(CN(Cc2cccc(OCCOC)c2)C(N)=O)c1. The fraction of sp³-hybridized carbons (Fsp3) is 0.381. The molecule has 0 heterocycles. The number of carbonyl (C=O) groups excluding carboxylic acids is 1. The first kappa shape index (κ1) is 21.5. The summed E-state index contributed by atoms with van der Waals surface area (Å²) >= 11 is 0. The monoisotopic (exact) mass is 388 g/mol. The van der Waals surface area contributed by atoms with Crippen molar-refractivity contribution >= 4 is 6.03 Å². The summed E-state index contributed by atoms with van der Waals surface area (Å²) in [5.74, 6) is 1.46. The molecule has 0 saturated heterocycles. The second-order valence-corrected chi connectivity index (χ2v) is 6.17. The van der Waals surface area contributed by atoms with Crippen LogP contribution in [0.1, 0.15) is 11.1 Å². The maximum Gasteiger partial charge on any atom is 0.315 e. The minimum atomic E-state index is -0.489. The summed E-state index contributed by atoms with van der Waals surface area (Å²) in [6, 6.07) is 14.7. The van der Waals surface area contributed by atoms with Crippen molar-refractivity contribution in [2.45, 2.75) is 13.1 Å². The molecule has 0 saturated carbocycles. The molecule has 2 N–H and O–H groups in total. The molecule has 28 heavy (non-hydrogen) atoms. The molecule has 0 aromatic heterocycles. The van der Waals surface area contributed by atoms with E-state index < -0.39 is 6.03 Å². The average Bonchev–Trinajstić information content (AvgIpc) is 2.68. The minimum absolute atomic E-state index is 0.381. The van der Waals surface area contributed by atoms with E-state index in [-0.39, 0.29) is 0 Å². The number of rotatable bonds is 12. The van der Waals surface area contributed by atoms with Crippen LogP contribution in [0.2, 0.25) is 0 Å². The van der Waals surface area contributed by atoms with Crippen LogP contribution in [0.3, 0.4) is 0 Å². The number of nitrogens with zero attached hydrogens (tertiary/aromatic N) is 1. The van der Waals surface area contributed by atoms with E-state index in [2.05, 4.69) is 0 Å². The zero-order chi connectivity index (χ0) is 20.2. The second-order valence-electron chi connectivity index (χ2n) is 6.17. The maximum absolute atomic E-state index is 12.0. The van der Waals surface area contributed by atoms with Crippen molar-refractivity contribution in [1.29, 1.82) is 0 Å². The fourth-order valence-electron chi connectivity index (χ4n) is 2.61. The van der Waals surface area contributed by atoms with Crippen LogP contribution >= 0.6 is 0 Å². The molecule has 0 aliphatic rings. The Labute approximate surface area is 165 Å². The van der Waals surface area contributed by atoms with Gasteiger partial charge in [0.05, 0.1) is 13.2 Å². The Morgan fingerprint density at radius 2 is 1.29 bits per heavy atom. The highest BCUT2D eigenvalue weighted by molar-refractivity contribution is 5.72. The van der Waals surface area contributed by atoms with Gasteiger partial charge in [-0.2, -0.15) is 0 Å². The number of hydrogen-bond donors (Lipinski definition) is 1. The van der Waals surface area contributed by atoms with Gasteiger partial charge in [-0.25, -0.2) is 4.79 Å². The van der Waals surface area contributed by atoms with Crippen molar-refractivity contribution in [3.8, 4) is 11.5 Å². The van der Waals surface area contributed by atoms with Crippen LogP contribution in [0.5, 0.6) is 11.5 Å². The largest absolute Gasteiger partial charge is 0.491 e. The summed E-state index contributed by atoms with van der Waals surface area (Å²) in [5, 5.41) is 0. The van der Waals surface area contributed by atoms with E-state index in [1.54, 1.807) is 19.1 Å². The van der Waals surface area contributed by atoms with Crippen molar-refractivity contribution < 1.29 is 23.7 Å². The summed E-state index contributed by atoms with van der Waals surface area (Å²) in [4.78, 5) is 13.5. The molecule has 0 spiro atoms. The van der Waals surface area contributed by atoms with E-state index in [1.807, 2.05) is 48.5 Å². The predicted octanol–water partition coefficient (Wildman–Crippen LogP) is 2.82. The second kappa shape index (κ2) is 11.8. The molecule has 0 unspecified atom stereocenters. The Kier molecular flexibility index (Phi) is 9.10. The molecule has 0 atom stereocenters. The van der Waals surface area contributed by atoms with Gasteiger partial charge in [0.2, 0.25) is 0 Å². The summed E-state index contributed by atoms with van der Waals surface area (Å²) in [7, 11) is 3.25. The summed E-state index contributed by atoms with van der Waals surface area (Å²) in [5.41, 5.74) is 7.46. The molecular formula is C21H28N2O5. The molecule has 0 radical (unpaired) electrons. The third kappa shape index (κ3) is 7.46. The lowest BCUT2D eigenvalue weighted by molar-refractivity contribution is 0.146. The number of amides is 2. The molecular weight excluding hydrogens is 360 g/mol. The number of carbonyl (C=O) groups is 1. The standard InChI is InChI=1S/C21H28N2O5/c1-25-9-11-27-19-7-3-5-17(13-19)15-23(21(22)24)16-18-6-4-8-20(14-18)28-12-10-26-2/h3-8,13-14H,9-12,15-16H2,1-2H3,(H2,22,24). The van der Waals surface area contributed by atoms with E-state index in [0.29, 0.717) is 39.5 Å². The first-order chi connectivity index (χ1) is 13.6. The maximum atomic E-state index is 12.0. The molecule has 152 valence electrons. The summed E-state index contributed by atoms with van der Waals surface area (Å²) in [6.07, 6.45) is 0. The molecule has 0 bridgehead atoms. The molecule has 7 heteroatoms. The van der Waals surface area contributed by atoms with E-state index >= 15 is 0 Å². The van der Waals surface area contributed by atoms with Gasteiger partial charge in [-0.1, -0.05) is 24.3 Å². The topological polar surface area (TPSA) is 83.2 Å². The Hall–Kier alpha value is -2.77. The number of ether oxygens (including phenoxy) is 4. The van der Waals surface area contributed by atoms with Crippen LogP contribution in [0.25, 0.3) is 0 Å². The molecule has 2 rings (SSSR count). The lowest BCUT2D eigenvalue weighted by atomic mass is 10.1. The molecule has 0 fully saturated rings. The minimum Gasteiger partial charge on any atom is -0.491 e. The predicted molar refractivity (Wildman–Crippen MR) is 106 cm³/mol. The van der Waals surface area contributed by atoms with Gasteiger partial charge in [0.1, 0.15) is 24.7 Å². The van der Waals surface area contributed by atoms with Crippen molar-refractivity contribution in [2.75, 3.05) is 40.6 Å². The van der Waals surface area contributed by atoms with Crippen molar-refractivity contribution in [2.24, 2.45) is 5.73 Å². The first-order valence-corrected chi connectivity index (χ1v) is 9.08. The highest BCUT2D eigenvalue weighted by atomic mass is 16.5. The van der Waals surface area contributed by atoms with E-state index in [9.17, 15) is 4.79 Å². The van der Waals surface area contributed by atoms with Crippen LogP contribution in [-0.4, -0.2) is 51.6 Å². The summed E-state index contributed by atoms with van der Waals surface area (Å²) < 4.78 is 21.2. The van der Waals surface area contributed by atoms with E-state index in [0.717, 1.165) is 22.6 Å². The van der Waals surface area contributed by atoms with Gasteiger partial charge in [0.15, 0.2) is 0 Å². The highest BCUT2D eigenvalue weighted by Crippen LogP contribution is 2.18. The van der Waals surface area contributed by atoms with Gasteiger partial charge in [0, 0.05) is 27.3 Å². The molecule has 0 aliphatic carbocycles. The van der Waals surface area contributed by atoms with Gasteiger partial charge in [-0.15, -0.1) is 0 Å². The molecule has 7 nitrogen and oxygen atoms in total. The highest BCUT2D eigenvalue weighted by Gasteiger charge is 2.12.